The van der Waals surface area contributed by atoms with Gasteiger partial charge in [0.25, 0.3) is 0 Å². The van der Waals surface area contributed by atoms with Crippen LogP contribution in [0.1, 0.15) is 83.5 Å². The predicted molar refractivity (Wildman–Crippen MR) is 158 cm³/mol. The molecule has 1 aliphatic heterocycles. The third kappa shape index (κ3) is 5.84. The quantitative estimate of drug-likeness (QED) is 0.360. The first-order valence-corrected chi connectivity index (χ1v) is 14.9. The van der Waals surface area contributed by atoms with Crippen LogP contribution in [0.25, 0.3) is 0 Å². The molecule has 1 heterocycles. The minimum atomic E-state index is -0.592. The van der Waals surface area contributed by atoms with Crippen molar-refractivity contribution in [2.24, 2.45) is 5.73 Å². The summed E-state index contributed by atoms with van der Waals surface area (Å²) in [6, 6.07) is 24.6. The van der Waals surface area contributed by atoms with Gasteiger partial charge in [-0.3, -0.25) is 9.59 Å². The molecule has 0 aromatic heterocycles. The lowest BCUT2D eigenvalue weighted by Crippen LogP contribution is -2.44. The topological polar surface area (TPSA) is 96.2 Å². The van der Waals surface area contributed by atoms with Gasteiger partial charge in [-0.2, -0.15) is 0 Å². The van der Waals surface area contributed by atoms with Crippen LogP contribution in [0.5, 0.6) is 0 Å². The highest BCUT2D eigenvalue weighted by atomic mass is 16.2. The van der Waals surface area contributed by atoms with E-state index in [1.54, 1.807) is 0 Å². The minimum absolute atomic E-state index is 0.0405. The average molecular weight is 537 g/mol. The van der Waals surface area contributed by atoms with E-state index in [0.717, 1.165) is 57.1 Å². The van der Waals surface area contributed by atoms with Crippen LogP contribution in [0.3, 0.4) is 0 Å². The average Bonchev–Trinajstić information content (AvgIpc) is 3.49. The standard InChI is InChI=1S/C34H40N4O2/c35-29(33(39)37-30-13-5-9-24-7-1-3-11-27(24)30)19-22-15-17-23(18-16-22)26-20-32(36-21-26)34(40)38-31-14-6-10-25-8-2-4-12-28(25)31/h1-4,7-8,11-12,15-18,26,29-32,36H,5-6,9-10,13-14,19-21,35H2,(H,37,39)(H,38,40)/t26?,29?,30?,31?,32-/m0/s1. The highest BCUT2D eigenvalue weighted by Gasteiger charge is 2.32. The first kappa shape index (κ1) is 26.7. The Kier molecular flexibility index (Phi) is 7.98. The summed E-state index contributed by atoms with van der Waals surface area (Å²) in [5.74, 6) is 0.283. The van der Waals surface area contributed by atoms with E-state index in [1.165, 1.54) is 27.8 Å². The molecule has 5 N–H and O–H groups in total. The summed E-state index contributed by atoms with van der Waals surface area (Å²) in [5, 5.41) is 9.94. The molecule has 208 valence electrons. The molecule has 1 fully saturated rings. The van der Waals surface area contributed by atoms with Crippen molar-refractivity contribution in [1.82, 2.24) is 16.0 Å². The number of hydrogen-bond acceptors (Lipinski definition) is 4. The van der Waals surface area contributed by atoms with E-state index in [9.17, 15) is 9.59 Å². The largest absolute Gasteiger partial charge is 0.348 e. The monoisotopic (exact) mass is 536 g/mol. The van der Waals surface area contributed by atoms with Crippen molar-refractivity contribution in [2.75, 3.05) is 6.54 Å². The highest BCUT2D eigenvalue weighted by Crippen LogP contribution is 2.32. The molecule has 3 aliphatic rings. The Balaban J connectivity index is 1.01. The Morgan fingerprint density at radius 3 is 2.08 bits per heavy atom. The number of benzene rings is 3. The molecule has 6 nitrogen and oxygen atoms in total. The lowest BCUT2D eigenvalue weighted by atomic mass is 9.87. The molecule has 5 atom stereocenters. The van der Waals surface area contributed by atoms with E-state index in [1.807, 2.05) is 6.07 Å². The van der Waals surface area contributed by atoms with Crippen LogP contribution in [-0.4, -0.2) is 30.4 Å². The maximum atomic E-state index is 13.1. The van der Waals surface area contributed by atoms with E-state index in [0.29, 0.717) is 6.42 Å². The van der Waals surface area contributed by atoms with Crippen molar-refractivity contribution < 1.29 is 9.59 Å². The Labute approximate surface area is 237 Å². The zero-order valence-corrected chi connectivity index (χ0v) is 23.1. The Morgan fingerprint density at radius 1 is 0.825 bits per heavy atom. The fourth-order valence-electron chi connectivity index (χ4n) is 6.82. The van der Waals surface area contributed by atoms with Crippen LogP contribution in [0.15, 0.2) is 72.8 Å². The molecule has 3 aromatic carbocycles. The first-order valence-electron chi connectivity index (χ1n) is 14.9. The minimum Gasteiger partial charge on any atom is -0.348 e. The van der Waals surface area contributed by atoms with Gasteiger partial charge in [-0.05, 0) is 90.7 Å². The number of nitrogens with one attached hydrogen (secondary N) is 3. The Bertz CT molecular complexity index is 1350. The fourth-order valence-corrected chi connectivity index (χ4v) is 6.82. The number of nitrogens with two attached hydrogens (primary N) is 1. The van der Waals surface area contributed by atoms with Gasteiger partial charge in [0, 0.05) is 6.54 Å². The zero-order chi connectivity index (χ0) is 27.5. The second-order valence-electron chi connectivity index (χ2n) is 11.8. The molecule has 2 aliphatic carbocycles. The van der Waals surface area contributed by atoms with Crippen LogP contribution >= 0.6 is 0 Å². The van der Waals surface area contributed by atoms with Gasteiger partial charge in [0.05, 0.1) is 24.2 Å². The molecule has 1 saturated heterocycles. The maximum absolute atomic E-state index is 13.1. The lowest BCUT2D eigenvalue weighted by Gasteiger charge is -2.27. The first-order chi connectivity index (χ1) is 19.5. The molecule has 6 rings (SSSR count). The van der Waals surface area contributed by atoms with Crippen molar-refractivity contribution in [3.63, 3.8) is 0 Å². The SMILES string of the molecule is NC(Cc1ccc(C2CN[C@H](C(=O)NC3CCCc4ccccc43)C2)cc1)C(=O)NC1CCCc2ccccc21. The summed E-state index contributed by atoms with van der Waals surface area (Å²) >= 11 is 0. The number of aryl methyl sites for hydroxylation is 2. The summed E-state index contributed by atoms with van der Waals surface area (Å²) in [4.78, 5) is 26.1. The molecule has 4 unspecified atom stereocenters. The van der Waals surface area contributed by atoms with Crippen LogP contribution in [0.2, 0.25) is 0 Å². The molecule has 40 heavy (non-hydrogen) atoms. The van der Waals surface area contributed by atoms with E-state index >= 15 is 0 Å². The molecular formula is C34H40N4O2. The van der Waals surface area contributed by atoms with Gasteiger partial charge < -0.3 is 21.7 Å². The molecule has 2 amide bonds. The second-order valence-corrected chi connectivity index (χ2v) is 11.8. The van der Waals surface area contributed by atoms with Gasteiger partial charge in [-0.25, -0.2) is 0 Å². The third-order valence-electron chi connectivity index (χ3n) is 9.06. The Morgan fingerprint density at radius 2 is 1.43 bits per heavy atom. The number of carbonyl (C=O) groups excluding carboxylic acids is 2. The molecule has 0 bridgehead atoms. The summed E-state index contributed by atoms with van der Waals surface area (Å²) < 4.78 is 0. The Hall–Kier alpha value is -3.48. The predicted octanol–water partition coefficient (Wildman–Crippen LogP) is 4.39. The van der Waals surface area contributed by atoms with Gasteiger partial charge in [0.1, 0.15) is 0 Å². The van der Waals surface area contributed by atoms with Crippen molar-refractivity contribution >= 4 is 11.8 Å². The number of fused-ring (bicyclic) bond motifs is 2. The normalized spacial score (nSPS) is 24.4. The van der Waals surface area contributed by atoms with Gasteiger partial charge in [0.2, 0.25) is 11.8 Å². The van der Waals surface area contributed by atoms with Gasteiger partial charge in [-0.15, -0.1) is 0 Å². The van der Waals surface area contributed by atoms with E-state index in [2.05, 4.69) is 82.7 Å². The van der Waals surface area contributed by atoms with E-state index in [-0.39, 0.29) is 35.9 Å². The zero-order valence-electron chi connectivity index (χ0n) is 23.1. The van der Waals surface area contributed by atoms with Crippen LogP contribution < -0.4 is 21.7 Å². The molecule has 0 spiro atoms. The fraction of sp³-hybridized carbons (Fsp3) is 0.412. The molecule has 3 aromatic rings. The molecule has 6 heteroatoms. The van der Waals surface area contributed by atoms with Gasteiger partial charge >= 0.3 is 0 Å². The molecule has 0 saturated carbocycles. The van der Waals surface area contributed by atoms with E-state index in [4.69, 9.17) is 5.73 Å². The number of rotatable bonds is 7. The number of carbonyl (C=O) groups is 2. The van der Waals surface area contributed by atoms with Crippen molar-refractivity contribution in [2.45, 2.75) is 81.5 Å². The third-order valence-corrected chi connectivity index (χ3v) is 9.06. The summed E-state index contributed by atoms with van der Waals surface area (Å²) in [5.41, 5.74) is 13.8. The van der Waals surface area contributed by atoms with Crippen LogP contribution in [0.4, 0.5) is 0 Å². The maximum Gasteiger partial charge on any atom is 0.237 e. The lowest BCUT2D eigenvalue weighted by molar-refractivity contribution is -0.124. The van der Waals surface area contributed by atoms with Crippen molar-refractivity contribution in [3.8, 4) is 0 Å². The van der Waals surface area contributed by atoms with Crippen molar-refractivity contribution in [3.05, 3.63) is 106 Å². The van der Waals surface area contributed by atoms with E-state index < -0.39 is 6.04 Å². The van der Waals surface area contributed by atoms with Gasteiger partial charge in [-0.1, -0.05) is 72.8 Å². The summed E-state index contributed by atoms with van der Waals surface area (Å²) in [6.45, 7) is 0.781. The number of hydrogen-bond donors (Lipinski definition) is 4. The smallest absolute Gasteiger partial charge is 0.237 e. The van der Waals surface area contributed by atoms with Crippen LogP contribution in [0, 0.1) is 0 Å². The van der Waals surface area contributed by atoms with Gasteiger partial charge in [0.15, 0.2) is 0 Å². The summed E-state index contributed by atoms with van der Waals surface area (Å²) in [6.07, 6.45) is 7.56. The van der Waals surface area contributed by atoms with Crippen molar-refractivity contribution in [1.29, 1.82) is 0 Å². The number of amides is 2. The highest BCUT2D eigenvalue weighted by molar-refractivity contribution is 5.83. The molecule has 0 radical (unpaired) electrons. The summed E-state index contributed by atoms with van der Waals surface area (Å²) in [7, 11) is 0. The van der Waals surface area contributed by atoms with Crippen LogP contribution in [-0.2, 0) is 28.9 Å². The second kappa shape index (κ2) is 11.9. The molecular weight excluding hydrogens is 496 g/mol.